The van der Waals surface area contributed by atoms with E-state index in [4.69, 9.17) is 0 Å². The first-order chi connectivity index (χ1) is 9.93. The number of benzene rings is 1. The molecule has 1 heterocycles. The van der Waals surface area contributed by atoms with Gasteiger partial charge < -0.3 is 5.32 Å². The Labute approximate surface area is 119 Å². The van der Waals surface area contributed by atoms with Gasteiger partial charge in [-0.3, -0.25) is 4.98 Å². The van der Waals surface area contributed by atoms with Crippen LogP contribution in [0.15, 0.2) is 42.6 Å². The van der Waals surface area contributed by atoms with Gasteiger partial charge in [-0.05, 0) is 36.4 Å². The van der Waals surface area contributed by atoms with Crippen molar-refractivity contribution in [1.82, 2.24) is 10.3 Å². The van der Waals surface area contributed by atoms with Crippen LogP contribution in [-0.2, 0) is 6.18 Å². The second-order valence-electron chi connectivity index (χ2n) is 4.48. The van der Waals surface area contributed by atoms with Crippen molar-refractivity contribution in [3.8, 4) is 0 Å². The average molecular weight is 298 g/mol. The highest BCUT2D eigenvalue weighted by atomic mass is 19.4. The second kappa shape index (κ2) is 6.22. The number of nitrogens with one attached hydrogen (secondary N) is 1. The Morgan fingerprint density at radius 1 is 1.19 bits per heavy atom. The Morgan fingerprint density at radius 2 is 1.95 bits per heavy atom. The molecule has 1 unspecified atom stereocenters. The van der Waals surface area contributed by atoms with E-state index in [9.17, 15) is 17.6 Å². The van der Waals surface area contributed by atoms with Gasteiger partial charge >= 0.3 is 6.18 Å². The fraction of sp³-hybridized carbons (Fsp3) is 0.267. The fourth-order valence-electron chi connectivity index (χ4n) is 2.08. The summed E-state index contributed by atoms with van der Waals surface area (Å²) in [5.41, 5.74) is -0.234. The van der Waals surface area contributed by atoms with E-state index in [1.807, 2.05) is 6.92 Å². The number of nitrogens with zero attached hydrogens (tertiary/aromatic N) is 1. The van der Waals surface area contributed by atoms with Crippen LogP contribution in [0.4, 0.5) is 17.6 Å². The van der Waals surface area contributed by atoms with Crippen molar-refractivity contribution in [3.63, 3.8) is 0 Å². The minimum absolute atomic E-state index is 0.404. The van der Waals surface area contributed by atoms with Gasteiger partial charge in [-0.2, -0.15) is 13.2 Å². The Bertz CT molecular complexity index is 596. The summed E-state index contributed by atoms with van der Waals surface area (Å²) in [4.78, 5) is 4.17. The lowest BCUT2D eigenvalue weighted by molar-refractivity contribution is -0.140. The first-order valence-electron chi connectivity index (χ1n) is 6.44. The maximum absolute atomic E-state index is 13.7. The molecule has 112 valence electrons. The van der Waals surface area contributed by atoms with Gasteiger partial charge in [-0.15, -0.1) is 0 Å². The van der Waals surface area contributed by atoms with Crippen LogP contribution in [0.3, 0.4) is 0 Å². The molecule has 0 aliphatic rings. The summed E-state index contributed by atoms with van der Waals surface area (Å²) in [6.45, 7) is 2.43. The minimum Gasteiger partial charge on any atom is -0.305 e. The van der Waals surface area contributed by atoms with E-state index in [1.54, 1.807) is 24.4 Å². The lowest BCUT2D eigenvalue weighted by atomic mass is 10.0. The summed E-state index contributed by atoms with van der Waals surface area (Å²) in [5, 5.41) is 3.09. The van der Waals surface area contributed by atoms with Crippen molar-refractivity contribution >= 4 is 0 Å². The lowest BCUT2D eigenvalue weighted by Gasteiger charge is -2.19. The monoisotopic (exact) mass is 298 g/mol. The highest BCUT2D eigenvalue weighted by Gasteiger charge is 2.34. The van der Waals surface area contributed by atoms with Crippen LogP contribution in [0.2, 0.25) is 0 Å². The molecule has 0 spiro atoms. The minimum atomic E-state index is -4.69. The molecule has 0 radical (unpaired) electrons. The first kappa shape index (κ1) is 15.4. The number of alkyl halides is 3. The molecule has 0 aliphatic carbocycles. The maximum atomic E-state index is 13.7. The smallest absolute Gasteiger partial charge is 0.305 e. The number of pyridine rings is 1. The normalized spacial score (nSPS) is 13.2. The molecule has 6 heteroatoms. The first-order valence-corrected chi connectivity index (χ1v) is 6.44. The Hall–Kier alpha value is -1.95. The molecule has 0 saturated heterocycles. The number of rotatable bonds is 4. The molecule has 2 nitrogen and oxygen atoms in total. The summed E-state index contributed by atoms with van der Waals surface area (Å²) < 4.78 is 51.4. The van der Waals surface area contributed by atoms with Gasteiger partial charge in [0.15, 0.2) is 0 Å². The molecule has 0 bridgehead atoms. The van der Waals surface area contributed by atoms with Crippen molar-refractivity contribution < 1.29 is 17.6 Å². The Kier molecular flexibility index (Phi) is 4.57. The summed E-state index contributed by atoms with van der Waals surface area (Å²) in [6, 6.07) is 7.74. The number of hydrogen-bond acceptors (Lipinski definition) is 2. The molecule has 0 saturated carbocycles. The third kappa shape index (κ3) is 3.58. The van der Waals surface area contributed by atoms with Crippen LogP contribution < -0.4 is 5.32 Å². The highest BCUT2D eigenvalue weighted by Crippen LogP contribution is 2.33. The van der Waals surface area contributed by atoms with E-state index in [0.29, 0.717) is 17.8 Å². The molecule has 0 amide bonds. The van der Waals surface area contributed by atoms with Crippen LogP contribution in [0.1, 0.15) is 29.8 Å². The zero-order valence-corrected chi connectivity index (χ0v) is 11.3. The predicted molar refractivity (Wildman–Crippen MR) is 71.2 cm³/mol. The van der Waals surface area contributed by atoms with Gasteiger partial charge in [0.25, 0.3) is 0 Å². The number of hydrogen-bond donors (Lipinski definition) is 1. The van der Waals surface area contributed by atoms with Gasteiger partial charge in [0.2, 0.25) is 0 Å². The number of halogens is 4. The fourth-order valence-corrected chi connectivity index (χ4v) is 2.08. The zero-order chi connectivity index (χ0) is 15.5. The summed E-state index contributed by atoms with van der Waals surface area (Å²) in [7, 11) is 0. The quantitative estimate of drug-likeness (QED) is 0.865. The van der Waals surface area contributed by atoms with Gasteiger partial charge in [0.1, 0.15) is 5.82 Å². The van der Waals surface area contributed by atoms with Crippen LogP contribution in [0.25, 0.3) is 0 Å². The van der Waals surface area contributed by atoms with E-state index in [2.05, 4.69) is 10.3 Å². The van der Waals surface area contributed by atoms with Gasteiger partial charge in [-0.25, -0.2) is 4.39 Å². The van der Waals surface area contributed by atoms with Crippen molar-refractivity contribution in [1.29, 1.82) is 0 Å². The largest absolute Gasteiger partial charge is 0.419 e. The highest BCUT2D eigenvalue weighted by molar-refractivity contribution is 5.32. The molecular weight excluding hydrogens is 284 g/mol. The molecule has 0 aliphatic heterocycles. The topological polar surface area (TPSA) is 24.9 Å². The summed E-state index contributed by atoms with van der Waals surface area (Å²) in [6.07, 6.45) is -3.11. The van der Waals surface area contributed by atoms with E-state index >= 15 is 0 Å². The third-order valence-corrected chi connectivity index (χ3v) is 3.02. The van der Waals surface area contributed by atoms with Crippen molar-refractivity contribution in [3.05, 3.63) is 65.2 Å². The van der Waals surface area contributed by atoms with Crippen molar-refractivity contribution in [2.45, 2.75) is 19.1 Å². The molecule has 1 aromatic carbocycles. The summed E-state index contributed by atoms with van der Waals surface area (Å²) in [5.74, 6) is -1.28. The van der Waals surface area contributed by atoms with Crippen LogP contribution >= 0.6 is 0 Å². The SMILES string of the molecule is CCNC(c1ccc(C(F)(F)F)c(F)c1)c1ccccn1. The molecule has 2 rings (SSSR count). The van der Waals surface area contributed by atoms with Crippen molar-refractivity contribution in [2.24, 2.45) is 0 Å². The molecule has 1 aromatic heterocycles. The molecule has 1 N–H and O–H groups in total. The third-order valence-electron chi connectivity index (χ3n) is 3.02. The van der Waals surface area contributed by atoms with Crippen LogP contribution in [0, 0.1) is 5.82 Å². The van der Waals surface area contributed by atoms with Crippen molar-refractivity contribution in [2.75, 3.05) is 6.54 Å². The Morgan fingerprint density at radius 3 is 2.48 bits per heavy atom. The Balaban J connectivity index is 2.41. The summed E-state index contributed by atoms with van der Waals surface area (Å²) >= 11 is 0. The standard InChI is InChI=1S/C15H14F4N2/c1-2-20-14(13-5-3-4-8-21-13)10-6-7-11(12(16)9-10)15(17,18)19/h3-9,14,20H,2H2,1H3. The second-order valence-corrected chi connectivity index (χ2v) is 4.48. The predicted octanol–water partition coefficient (Wildman–Crippen LogP) is 3.94. The van der Waals surface area contributed by atoms with Gasteiger partial charge in [-0.1, -0.05) is 19.1 Å². The molecule has 2 aromatic rings. The molecule has 1 atom stereocenters. The zero-order valence-electron chi connectivity index (χ0n) is 11.3. The van der Waals surface area contributed by atoms with E-state index in [0.717, 1.165) is 12.1 Å². The maximum Gasteiger partial charge on any atom is 0.419 e. The van der Waals surface area contributed by atoms with E-state index < -0.39 is 23.6 Å². The van der Waals surface area contributed by atoms with E-state index in [-0.39, 0.29) is 0 Å². The van der Waals surface area contributed by atoms with E-state index in [1.165, 1.54) is 6.07 Å². The molecule has 0 fully saturated rings. The van der Waals surface area contributed by atoms with Crippen LogP contribution in [0.5, 0.6) is 0 Å². The van der Waals surface area contributed by atoms with Crippen LogP contribution in [-0.4, -0.2) is 11.5 Å². The van der Waals surface area contributed by atoms with Gasteiger partial charge in [0, 0.05) is 6.20 Å². The lowest BCUT2D eigenvalue weighted by Crippen LogP contribution is -2.23. The molecule has 21 heavy (non-hydrogen) atoms. The average Bonchev–Trinajstić information content (AvgIpc) is 2.44. The number of aromatic nitrogens is 1. The molecular formula is C15H14F4N2. The van der Waals surface area contributed by atoms with Gasteiger partial charge in [0.05, 0.1) is 17.3 Å².